The molecule has 2 amide bonds. The molecule has 0 unspecified atom stereocenters. The van der Waals surface area contributed by atoms with Gasteiger partial charge in [-0.05, 0) is 187 Å². The number of alkyl carbamates (subject to hydrolysis) is 1. The summed E-state index contributed by atoms with van der Waals surface area (Å²) in [6.07, 6.45) is 11.0. The number of hydrogen-bond donors (Lipinski definition) is 6. The van der Waals surface area contributed by atoms with Crippen LogP contribution < -0.4 is 21.6 Å². The Morgan fingerprint density at radius 2 is 0.903 bits per heavy atom. The molecule has 5 rings (SSSR count). The highest BCUT2D eigenvalue weighted by atomic mass is 128. The summed E-state index contributed by atoms with van der Waals surface area (Å²) in [5, 5.41) is 26.3. The third-order valence-corrected chi connectivity index (χ3v) is 13.1. The SMILES string of the molecule is C.C.C.CB(O)NC1CCN(C(C)C)CC1.CC(C)N1CCC(N)CC1.CC(C)N1CCC(N=C=O)CC1.CC(C)N1CCC(NC(=O)O)CC1.CC(C)N1CCC(NC(=O)OC(C)(C)C)CC1.I.II.O.[HH]. The fourth-order valence-electron chi connectivity index (χ4n) is 8.73. The van der Waals surface area contributed by atoms with Crippen molar-refractivity contribution >= 4 is 86.5 Å². The number of piperidine rings is 5. The smallest absolute Gasteiger partial charge is 0.407 e. The second-order valence-electron chi connectivity index (χ2n) is 21.2. The number of isocyanates is 1. The lowest BCUT2D eigenvalue weighted by atomic mass is 9.85. The van der Waals surface area contributed by atoms with E-state index in [2.05, 4.69) is 152 Å². The molecule has 17 nitrogen and oxygen atoms in total. The van der Waals surface area contributed by atoms with Crippen LogP contribution in [0, 0.1) is 0 Å². The van der Waals surface area contributed by atoms with E-state index in [-0.39, 0.29) is 84.4 Å². The lowest BCUT2D eigenvalue weighted by Gasteiger charge is -2.35. The van der Waals surface area contributed by atoms with E-state index in [9.17, 15) is 14.4 Å². The number of amides is 2. The maximum atomic E-state index is 11.6. The summed E-state index contributed by atoms with van der Waals surface area (Å²) >= 11 is 4.24. The molecule has 5 heterocycles. The number of rotatable bonds is 10. The number of hydrogen-bond acceptors (Lipinski definition) is 13. The molecular weight excluding hydrogens is 1260 g/mol. The van der Waals surface area contributed by atoms with Gasteiger partial charge in [0.05, 0.1) is 6.04 Å². The van der Waals surface area contributed by atoms with E-state index in [1.54, 1.807) is 12.9 Å². The summed E-state index contributed by atoms with van der Waals surface area (Å²) in [5.74, 6) is 0. The molecule has 5 aliphatic heterocycles. The molecule has 0 aromatic carbocycles. The van der Waals surface area contributed by atoms with E-state index in [4.69, 9.17) is 20.6 Å². The Hall–Kier alpha value is -0.185. The number of halogens is 3. The van der Waals surface area contributed by atoms with Crippen molar-refractivity contribution in [2.45, 2.75) is 249 Å². The molecule has 0 aliphatic carbocycles. The highest BCUT2D eigenvalue weighted by Crippen LogP contribution is 2.17. The molecule has 0 radical (unpaired) electrons. The molecular formula is C51H116BI3N10O7. The van der Waals surface area contributed by atoms with Crippen LogP contribution in [0.15, 0.2) is 4.99 Å². The van der Waals surface area contributed by atoms with Crippen LogP contribution in [0.3, 0.4) is 0 Å². The van der Waals surface area contributed by atoms with Crippen molar-refractivity contribution in [3.8, 4) is 0 Å². The predicted octanol–water partition coefficient (Wildman–Crippen LogP) is 9.80. The van der Waals surface area contributed by atoms with Crippen molar-refractivity contribution in [2.75, 3.05) is 65.4 Å². The van der Waals surface area contributed by atoms with Crippen LogP contribution in [0.25, 0.3) is 0 Å². The topological polar surface area (TPSA) is 223 Å². The quantitative estimate of drug-likeness (QED) is 0.0520. The van der Waals surface area contributed by atoms with E-state index in [0.29, 0.717) is 42.3 Å². The van der Waals surface area contributed by atoms with Crippen molar-refractivity contribution in [3.63, 3.8) is 0 Å². The van der Waals surface area contributed by atoms with Gasteiger partial charge in [-0.15, -0.1) is 24.0 Å². The van der Waals surface area contributed by atoms with Gasteiger partial charge < -0.3 is 66.4 Å². The molecule has 0 saturated carbocycles. The summed E-state index contributed by atoms with van der Waals surface area (Å²) in [7, 11) is -0.365. The second-order valence-corrected chi connectivity index (χ2v) is 21.2. The number of carbonyl (C=O) groups excluding carboxylic acids is 2. The zero-order chi connectivity index (χ0) is 51.3. The van der Waals surface area contributed by atoms with Crippen molar-refractivity contribution < 1.29 is 36.2 Å². The molecule has 0 aromatic rings. The Balaban J connectivity index is -0.000000146. The summed E-state index contributed by atoms with van der Waals surface area (Å²) in [4.78, 5) is 47.9. The first-order valence-electron chi connectivity index (χ1n) is 25.5. The van der Waals surface area contributed by atoms with E-state index in [0.717, 1.165) is 104 Å². The van der Waals surface area contributed by atoms with Crippen molar-refractivity contribution in [1.82, 2.24) is 40.4 Å². The Morgan fingerprint density at radius 3 is 1.17 bits per heavy atom. The molecule has 72 heavy (non-hydrogen) atoms. The number of nitrogens with two attached hydrogens (primary N) is 1. The fraction of sp³-hybridized carbons (Fsp3) is 0.941. The highest BCUT2D eigenvalue weighted by Gasteiger charge is 2.26. The molecule has 21 heteroatoms. The van der Waals surface area contributed by atoms with Crippen molar-refractivity contribution in [1.29, 1.82) is 0 Å². The van der Waals surface area contributed by atoms with Crippen LogP contribution in [0.4, 0.5) is 9.59 Å². The maximum absolute atomic E-state index is 11.6. The maximum Gasteiger partial charge on any atom is 0.407 e. The Bertz CT molecular complexity index is 1320. The Labute approximate surface area is 484 Å². The lowest BCUT2D eigenvalue weighted by Crippen LogP contribution is -2.48. The minimum atomic E-state index is -0.900. The molecule has 5 aliphatic rings. The summed E-state index contributed by atoms with van der Waals surface area (Å²) < 4.78 is 5.25. The second kappa shape index (κ2) is 46.9. The van der Waals surface area contributed by atoms with Gasteiger partial charge in [0, 0.05) is 132 Å². The van der Waals surface area contributed by atoms with E-state index >= 15 is 0 Å². The van der Waals surface area contributed by atoms with Crippen LogP contribution >= 0.6 is 61.2 Å². The third-order valence-electron chi connectivity index (χ3n) is 13.1. The van der Waals surface area contributed by atoms with Gasteiger partial charge in [0.15, 0.2) is 0 Å². The first-order valence-corrected chi connectivity index (χ1v) is 31.8. The minimum Gasteiger partial charge on any atom is -0.465 e. The molecule has 9 N–H and O–H groups in total. The van der Waals surface area contributed by atoms with E-state index in [1.165, 1.54) is 25.9 Å². The third kappa shape index (κ3) is 41.0. The zero-order valence-corrected chi connectivity index (χ0v) is 52.1. The van der Waals surface area contributed by atoms with E-state index < -0.39 is 11.7 Å². The normalized spacial score (nSPS) is 19.0. The fourth-order valence-corrected chi connectivity index (χ4v) is 8.73. The average molecular weight is 1370 g/mol. The molecule has 0 aromatic heterocycles. The number of aliphatic imine (C=N–C) groups is 1. The van der Waals surface area contributed by atoms with Gasteiger partial charge in [0.2, 0.25) is 6.08 Å². The minimum absolute atomic E-state index is 0. The number of nitrogens with zero attached hydrogens (tertiary/aromatic N) is 6. The number of likely N-dealkylation sites (tertiary alicyclic amines) is 5. The van der Waals surface area contributed by atoms with Crippen LogP contribution in [-0.2, 0) is 9.53 Å². The summed E-state index contributed by atoms with van der Waals surface area (Å²) in [6, 6.07) is 4.78. The van der Waals surface area contributed by atoms with Crippen LogP contribution in [0.2, 0.25) is 6.82 Å². The first kappa shape index (κ1) is 83.1. The van der Waals surface area contributed by atoms with Gasteiger partial charge in [-0.2, -0.15) is 0 Å². The number of nitrogens with one attached hydrogen (secondary N) is 3. The van der Waals surface area contributed by atoms with Gasteiger partial charge >= 0.3 is 19.2 Å². The standard InChI is InChI=1S/C13H26N2O2.C9H21BN2O.C9H18N2O2.C9H16N2O.C8H18N2.3CH4.I2.HI.H2O.H2/c1-10(2)15-8-6-11(7-9-15)14-12(16)17-13(3,4)5;1-8(2)12-6-4-9(5-7-12)11-10(3)13;1-7(2)11-5-3-8(4-6-11)10-9(12)13;1-8(2)11-5-3-9(4-6-11)10-7-12;1-7(2)10-5-3-8(9)4-6-10;;;;1-2;;;/h10-11H,6-9H2,1-5H3,(H,14,16);8-9,11,13H,4-7H2,1-3H3;7-8,10H,3-6H2,1-2H3,(H,12,13);8-9H,3-6H2,1-2H3;7-8H,3-6,9H2,1-2H3;3*1H4;;1H;1H2;1H. The Morgan fingerprint density at radius 1 is 0.625 bits per heavy atom. The zero-order valence-electron chi connectivity index (χ0n) is 45.4. The van der Waals surface area contributed by atoms with Crippen LogP contribution in [0.5, 0.6) is 0 Å². The van der Waals surface area contributed by atoms with Crippen LogP contribution in [0.1, 0.15) is 178 Å². The summed E-state index contributed by atoms with van der Waals surface area (Å²) in [6.45, 7) is 40.5. The van der Waals surface area contributed by atoms with Crippen molar-refractivity contribution in [3.05, 3.63) is 0 Å². The van der Waals surface area contributed by atoms with Crippen LogP contribution in [-0.4, -0.2) is 197 Å². The molecule has 5 fully saturated rings. The summed E-state index contributed by atoms with van der Waals surface area (Å²) in [5.41, 5.74) is 5.36. The van der Waals surface area contributed by atoms with Gasteiger partial charge in [0.1, 0.15) is 5.60 Å². The molecule has 5 saturated heterocycles. The van der Waals surface area contributed by atoms with E-state index in [1.807, 2.05) is 20.8 Å². The van der Waals surface area contributed by atoms with Gasteiger partial charge in [-0.1, -0.05) is 22.3 Å². The van der Waals surface area contributed by atoms with Crippen molar-refractivity contribution in [2.24, 2.45) is 10.7 Å². The number of ether oxygens (including phenoxy) is 1. The largest absolute Gasteiger partial charge is 0.465 e. The first-order chi connectivity index (χ1) is 31.4. The molecule has 0 atom stereocenters. The number of carboxylic acid groups (broad SMARTS) is 1. The van der Waals surface area contributed by atoms with Gasteiger partial charge in [-0.3, -0.25) is 0 Å². The predicted molar refractivity (Wildman–Crippen MR) is 338 cm³/mol. The lowest BCUT2D eigenvalue weighted by molar-refractivity contribution is 0.0472. The molecule has 0 spiro atoms. The van der Waals surface area contributed by atoms with Gasteiger partial charge in [0.25, 0.3) is 0 Å². The monoisotopic (exact) mass is 1370 g/mol. The average Bonchev–Trinajstić information content (AvgIpc) is 3.25. The molecule has 0 bridgehead atoms. The molecule has 436 valence electrons. The van der Waals surface area contributed by atoms with Gasteiger partial charge in [-0.25, -0.2) is 19.4 Å². The highest BCUT2D eigenvalue weighted by molar-refractivity contribution is 15.0. The Kier molecular flexibility index (Phi) is 54.1. The number of carbonyl (C=O) groups is 2.